The summed E-state index contributed by atoms with van der Waals surface area (Å²) in [6.45, 7) is 1.46. The Bertz CT molecular complexity index is 1690. The highest BCUT2D eigenvalue weighted by molar-refractivity contribution is 5.88. The molecule has 1 aromatic heterocycles. The lowest BCUT2D eigenvalue weighted by molar-refractivity contribution is -0.271. The van der Waals surface area contributed by atoms with Crippen molar-refractivity contribution >= 4 is 23.0 Å². The largest absolute Gasteiger partial charge is 0.508 e. The van der Waals surface area contributed by atoms with Crippen LogP contribution in [-0.4, -0.2) is 67.3 Å². The zero-order valence-corrected chi connectivity index (χ0v) is 21.9. The lowest BCUT2D eigenvalue weighted by Crippen LogP contribution is -2.59. The molecule has 0 radical (unpaired) electrons. The summed E-state index contributed by atoms with van der Waals surface area (Å²) in [5.41, 5.74) is -0.177. The van der Waals surface area contributed by atoms with Crippen molar-refractivity contribution in [3.05, 3.63) is 82.5 Å². The monoisotopic (exact) mass is 578 g/mol. The van der Waals surface area contributed by atoms with Gasteiger partial charge in [0.15, 0.2) is 11.9 Å². The zero-order valence-electron chi connectivity index (χ0n) is 21.9. The molecule has 42 heavy (non-hydrogen) atoms. The van der Waals surface area contributed by atoms with Crippen LogP contribution in [0.4, 0.5) is 0 Å². The fraction of sp³-hybridized carbons (Fsp3) is 0.200. The molecule has 1 aliphatic heterocycles. The van der Waals surface area contributed by atoms with Crippen molar-refractivity contribution in [3.63, 3.8) is 0 Å². The molecule has 0 aliphatic carbocycles. The highest BCUT2D eigenvalue weighted by Crippen LogP contribution is 2.37. The molecule has 1 fully saturated rings. The van der Waals surface area contributed by atoms with Crippen molar-refractivity contribution in [2.75, 3.05) is 0 Å². The van der Waals surface area contributed by atoms with Gasteiger partial charge in [0.2, 0.25) is 17.5 Å². The van der Waals surface area contributed by atoms with Gasteiger partial charge in [0.05, 0.1) is 6.10 Å². The Morgan fingerprint density at radius 2 is 1.52 bits per heavy atom. The number of aliphatic hydroxyl groups is 2. The van der Waals surface area contributed by atoms with E-state index in [1.807, 2.05) is 0 Å². The van der Waals surface area contributed by atoms with Gasteiger partial charge >= 0.3 is 5.97 Å². The Morgan fingerprint density at radius 3 is 2.19 bits per heavy atom. The molecule has 0 unspecified atom stereocenters. The van der Waals surface area contributed by atoms with Crippen LogP contribution in [0, 0.1) is 0 Å². The molecule has 4 aromatic rings. The molecule has 0 saturated carbocycles. The van der Waals surface area contributed by atoms with Crippen molar-refractivity contribution in [3.8, 4) is 40.1 Å². The third-order valence-corrected chi connectivity index (χ3v) is 6.62. The average molecular weight is 579 g/mol. The predicted molar refractivity (Wildman–Crippen MR) is 147 cm³/mol. The van der Waals surface area contributed by atoms with Crippen LogP contribution in [0.2, 0.25) is 0 Å². The van der Waals surface area contributed by atoms with Crippen LogP contribution < -0.4 is 10.2 Å². The minimum absolute atomic E-state index is 0.0598. The second kappa shape index (κ2) is 11.4. The van der Waals surface area contributed by atoms with E-state index in [4.69, 9.17) is 18.6 Å². The molecule has 218 valence electrons. The fourth-order valence-corrected chi connectivity index (χ4v) is 4.48. The number of aromatic hydroxyl groups is 4. The van der Waals surface area contributed by atoms with E-state index in [1.54, 1.807) is 12.1 Å². The first kappa shape index (κ1) is 28.5. The van der Waals surface area contributed by atoms with Gasteiger partial charge in [-0.15, -0.1) is 0 Å². The van der Waals surface area contributed by atoms with Crippen LogP contribution in [0.5, 0.6) is 28.7 Å². The summed E-state index contributed by atoms with van der Waals surface area (Å²) in [5.74, 6) is -2.47. The number of esters is 1. The number of carbonyl (C=O) groups excluding carboxylic acids is 1. The standard InChI is InChI=1S/C30H26O12/c1-14-27(41-22(35)11-4-15-2-7-17(31)8-3-15)25(37)26(38)30(39-14)42-29-24(36)23-20(34)12-19(33)13-21(23)40-28(29)16-5-9-18(32)10-6-16/h2-14,25-27,30-34,37-38H,1H3/b11-4-/t14-,25-,26+,27-,30-/m0/s1. The van der Waals surface area contributed by atoms with Gasteiger partial charge in [-0.2, -0.15) is 0 Å². The summed E-state index contributed by atoms with van der Waals surface area (Å²) in [4.78, 5) is 25.9. The van der Waals surface area contributed by atoms with Crippen LogP contribution in [0.25, 0.3) is 28.4 Å². The van der Waals surface area contributed by atoms with Gasteiger partial charge in [-0.1, -0.05) is 12.1 Å². The van der Waals surface area contributed by atoms with E-state index in [0.29, 0.717) is 5.56 Å². The molecular formula is C30H26O12. The van der Waals surface area contributed by atoms with Gasteiger partial charge in [-0.05, 0) is 55.0 Å². The summed E-state index contributed by atoms with van der Waals surface area (Å²) < 4.78 is 22.6. The van der Waals surface area contributed by atoms with Gasteiger partial charge in [0.1, 0.15) is 46.2 Å². The van der Waals surface area contributed by atoms with Crippen LogP contribution in [0.3, 0.4) is 0 Å². The predicted octanol–water partition coefficient (Wildman–Crippen LogP) is 2.75. The molecule has 12 heteroatoms. The average Bonchev–Trinajstić information content (AvgIpc) is 2.95. The number of ether oxygens (including phenoxy) is 3. The maximum atomic E-state index is 13.5. The van der Waals surface area contributed by atoms with Gasteiger partial charge in [0, 0.05) is 23.8 Å². The molecular weight excluding hydrogens is 552 g/mol. The molecule has 3 aromatic carbocycles. The van der Waals surface area contributed by atoms with Crippen LogP contribution >= 0.6 is 0 Å². The number of phenolic OH excluding ortho intramolecular Hbond substituents is 4. The quantitative estimate of drug-likeness (QED) is 0.145. The molecule has 1 aliphatic rings. The Hall–Kier alpha value is -5.04. The van der Waals surface area contributed by atoms with E-state index in [9.17, 15) is 40.2 Å². The van der Waals surface area contributed by atoms with Crippen molar-refractivity contribution < 1.29 is 54.1 Å². The van der Waals surface area contributed by atoms with Gasteiger partial charge < -0.3 is 49.3 Å². The second-order valence-corrected chi connectivity index (χ2v) is 9.61. The molecule has 0 spiro atoms. The number of benzene rings is 3. The lowest BCUT2D eigenvalue weighted by atomic mass is 9.99. The van der Waals surface area contributed by atoms with Crippen molar-refractivity contribution in [1.82, 2.24) is 0 Å². The number of carbonyl (C=O) groups is 1. The Labute approximate surface area is 237 Å². The first-order chi connectivity index (χ1) is 20.0. The molecule has 0 amide bonds. The summed E-state index contributed by atoms with van der Waals surface area (Å²) in [7, 11) is 0. The number of hydrogen-bond donors (Lipinski definition) is 6. The van der Waals surface area contributed by atoms with E-state index < -0.39 is 53.6 Å². The van der Waals surface area contributed by atoms with Crippen LogP contribution in [0.1, 0.15) is 12.5 Å². The van der Waals surface area contributed by atoms with Crippen LogP contribution in [0.15, 0.2) is 76.0 Å². The highest BCUT2D eigenvalue weighted by atomic mass is 16.7. The first-order valence-electron chi connectivity index (χ1n) is 12.7. The molecule has 1 saturated heterocycles. The summed E-state index contributed by atoms with van der Waals surface area (Å²) >= 11 is 0. The van der Waals surface area contributed by atoms with E-state index >= 15 is 0 Å². The smallest absolute Gasteiger partial charge is 0.331 e. The number of rotatable bonds is 6. The van der Waals surface area contributed by atoms with Crippen LogP contribution in [-0.2, 0) is 14.3 Å². The Kier molecular flexibility index (Phi) is 7.77. The fourth-order valence-electron chi connectivity index (χ4n) is 4.48. The van der Waals surface area contributed by atoms with Crippen molar-refractivity contribution in [2.24, 2.45) is 0 Å². The zero-order chi connectivity index (χ0) is 30.1. The third-order valence-electron chi connectivity index (χ3n) is 6.62. The normalized spacial score (nSPS) is 22.3. The summed E-state index contributed by atoms with van der Waals surface area (Å²) in [5, 5.41) is 60.7. The van der Waals surface area contributed by atoms with E-state index in [1.165, 1.54) is 49.4 Å². The summed E-state index contributed by atoms with van der Waals surface area (Å²) in [6.07, 6.45) is -4.94. The molecule has 5 atom stereocenters. The maximum Gasteiger partial charge on any atom is 0.331 e. The number of aliphatic hydroxyl groups excluding tert-OH is 2. The minimum atomic E-state index is -1.81. The van der Waals surface area contributed by atoms with E-state index in [0.717, 1.165) is 18.2 Å². The maximum absolute atomic E-state index is 13.5. The molecule has 12 nitrogen and oxygen atoms in total. The Balaban J connectivity index is 1.42. The first-order valence-corrected chi connectivity index (χ1v) is 12.7. The molecule has 5 rings (SSSR count). The van der Waals surface area contributed by atoms with E-state index in [-0.39, 0.29) is 39.5 Å². The van der Waals surface area contributed by atoms with Gasteiger partial charge in [0.25, 0.3) is 0 Å². The van der Waals surface area contributed by atoms with Gasteiger partial charge in [-0.25, -0.2) is 4.79 Å². The summed E-state index contributed by atoms with van der Waals surface area (Å²) in [6, 6.07) is 13.6. The third kappa shape index (κ3) is 5.72. The second-order valence-electron chi connectivity index (χ2n) is 9.61. The van der Waals surface area contributed by atoms with Crippen molar-refractivity contribution in [2.45, 2.75) is 37.6 Å². The SMILES string of the molecule is C[C@@H]1O[C@@H](Oc2c(-c3ccc(O)cc3)oc3cc(O)cc(O)c3c2=O)[C@H](O)[C@H](O)[C@H]1OC(=O)/C=C\c1ccc(O)cc1. The topological polar surface area (TPSA) is 196 Å². The van der Waals surface area contributed by atoms with E-state index in [2.05, 4.69) is 0 Å². The van der Waals surface area contributed by atoms with Crippen molar-refractivity contribution in [1.29, 1.82) is 0 Å². The van der Waals surface area contributed by atoms with Gasteiger partial charge in [-0.3, -0.25) is 4.79 Å². The molecule has 2 heterocycles. The Morgan fingerprint density at radius 1 is 0.881 bits per heavy atom. The number of fused-ring (bicyclic) bond motifs is 1. The highest BCUT2D eigenvalue weighted by Gasteiger charge is 2.46. The minimum Gasteiger partial charge on any atom is -0.508 e. The number of phenols is 4. The number of hydrogen-bond acceptors (Lipinski definition) is 12. The lowest BCUT2D eigenvalue weighted by Gasteiger charge is -2.40. The molecule has 0 bridgehead atoms. The molecule has 6 N–H and O–H groups in total.